The van der Waals surface area contributed by atoms with Crippen molar-refractivity contribution in [3.05, 3.63) is 29.3 Å². The van der Waals surface area contributed by atoms with Gasteiger partial charge in [-0.15, -0.1) is 11.3 Å². The molecule has 15 heavy (non-hydrogen) atoms. The van der Waals surface area contributed by atoms with Crippen molar-refractivity contribution in [1.82, 2.24) is 15.6 Å². The van der Waals surface area contributed by atoms with Crippen LogP contribution in [0.2, 0.25) is 0 Å². The van der Waals surface area contributed by atoms with Gasteiger partial charge in [0, 0.05) is 7.05 Å². The average Bonchev–Trinajstić information content (AvgIpc) is 2.68. The van der Waals surface area contributed by atoms with Crippen LogP contribution >= 0.6 is 11.3 Å². The van der Waals surface area contributed by atoms with Gasteiger partial charge < -0.3 is 10.6 Å². The van der Waals surface area contributed by atoms with Gasteiger partial charge in [-0.3, -0.25) is 0 Å². The highest BCUT2D eigenvalue weighted by Gasteiger charge is 2.03. The third-order valence-corrected chi connectivity index (χ3v) is 3.00. The highest BCUT2D eigenvalue weighted by atomic mass is 32.1. The highest BCUT2D eigenvalue weighted by Crippen LogP contribution is 2.20. The third kappa shape index (κ3) is 2.24. The Labute approximate surface area is 91.3 Å². The number of aromatic nitrogens is 1. The molecular weight excluding hydrogens is 210 g/mol. The molecule has 4 nitrogen and oxygen atoms in total. The molecule has 1 heterocycles. The molecule has 2 aromatic rings. The van der Waals surface area contributed by atoms with E-state index >= 15 is 0 Å². The van der Waals surface area contributed by atoms with Gasteiger partial charge in [0.1, 0.15) is 5.01 Å². The Hall–Kier alpha value is -1.62. The number of nitrogens with zero attached hydrogens (tertiary/aromatic N) is 1. The first-order valence-electron chi connectivity index (χ1n) is 4.59. The Morgan fingerprint density at radius 2 is 2.27 bits per heavy atom. The number of urea groups is 1. The quantitative estimate of drug-likeness (QED) is 0.811. The number of hydrogen-bond acceptors (Lipinski definition) is 3. The first kappa shape index (κ1) is 9.92. The zero-order chi connectivity index (χ0) is 10.7. The fraction of sp³-hybridized carbons (Fsp3) is 0.200. The maximum absolute atomic E-state index is 11.0. The summed E-state index contributed by atoms with van der Waals surface area (Å²) >= 11 is 1.60. The first-order chi connectivity index (χ1) is 7.29. The van der Waals surface area contributed by atoms with Crippen molar-refractivity contribution in [1.29, 1.82) is 0 Å². The molecule has 0 saturated carbocycles. The number of benzene rings is 1. The molecule has 0 radical (unpaired) electrons. The van der Waals surface area contributed by atoms with Gasteiger partial charge in [0.15, 0.2) is 0 Å². The standard InChI is InChI=1S/C10H11N3OS/c1-11-10(14)12-6-9-13-7-4-2-3-5-8(7)15-9/h2-5H,6H2,1H3,(H2,11,12,14). The van der Waals surface area contributed by atoms with Crippen molar-refractivity contribution in [3.8, 4) is 0 Å². The zero-order valence-corrected chi connectivity index (χ0v) is 9.10. The van der Waals surface area contributed by atoms with Gasteiger partial charge in [-0.2, -0.15) is 0 Å². The molecule has 0 unspecified atom stereocenters. The normalized spacial score (nSPS) is 10.2. The molecule has 0 bridgehead atoms. The molecule has 0 saturated heterocycles. The molecule has 2 amide bonds. The summed E-state index contributed by atoms with van der Waals surface area (Å²) in [7, 11) is 1.59. The summed E-state index contributed by atoms with van der Waals surface area (Å²) in [5.74, 6) is 0. The lowest BCUT2D eigenvalue weighted by molar-refractivity contribution is 0.242. The van der Waals surface area contributed by atoms with E-state index in [-0.39, 0.29) is 6.03 Å². The predicted molar refractivity (Wildman–Crippen MR) is 60.9 cm³/mol. The lowest BCUT2D eigenvalue weighted by Crippen LogP contribution is -2.32. The Morgan fingerprint density at radius 3 is 3.00 bits per heavy atom. The van der Waals surface area contributed by atoms with E-state index in [4.69, 9.17) is 0 Å². The summed E-state index contributed by atoms with van der Waals surface area (Å²) in [6, 6.07) is 7.74. The molecule has 5 heteroatoms. The van der Waals surface area contributed by atoms with Crippen LogP contribution in [0.3, 0.4) is 0 Å². The maximum atomic E-state index is 11.0. The Kier molecular flexibility index (Phi) is 2.82. The fourth-order valence-corrected chi connectivity index (χ4v) is 2.15. The summed E-state index contributed by atoms with van der Waals surface area (Å²) in [5.41, 5.74) is 0.983. The topological polar surface area (TPSA) is 54.0 Å². The monoisotopic (exact) mass is 221 g/mol. The van der Waals surface area contributed by atoms with Crippen LogP contribution in [0.5, 0.6) is 0 Å². The third-order valence-electron chi connectivity index (χ3n) is 1.97. The van der Waals surface area contributed by atoms with Gasteiger partial charge >= 0.3 is 6.03 Å². The Bertz CT molecular complexity index is 447. The maximum Gasteiger partial charge on any atom is 0.314 e. The largest absolute Gasteiger partial charge is 0.341 e. The lowest BCUT2D eigenvalue weighted by Gasteiger charge is -1.99. The lowest BCUT2D eigenvalue weighted by atomic mass is 10.3. The number of rotatable bonds is 2. The molecule has 0 atom stereocenters. The minimum Gasteiger partial charge on any atom is -0.341 e. The molecule has 78 valence electrons. The van der Waals surface area contributed by atoms with Crippen LogP contribution in [0.1, 0.15) is 5.01 Å². The van der Waals surface area contributed by atoms with Crippen LogP contribution < -0.4 is 10.6 Å². The second-order valence-electron chi connectivity index (χ2n) is 3.01. The molecule has 1 aromatic carbocycles. The van der Waals surface area contributed by atoms with Gasteiger partial charge in [0.25, 0.3) is 0 Å². The molecule has 0 aliphatic rings. The van der Waals surface area contributed by atoms with Gasteiger partial charge in [0.05, 0.1) is 16.8 Å². The molecule has 0 fully saturated rings. The second-order valence-corrected chi connectivity index (χ2v) is 4.12. The van der Waals surface area contributed by atoms with E-state index in [0.717, 1.165) is 15.2 Å². The van der Waals surface area contributed by atoms with Crippen molar-refractivity contribution >= 4 is 27.6 Å². The van der Waals surface area contributed by atoms with Crippen molar-refractivity contribution in [2.24, 2.45) is 0 Å². The van der Waals surface area contributed by atoms with E-state index < -0.39 is 0 Å². The number of hydrogen-bond donors (Lipinski definition) is 2. The summed E-state index contributed by atoms with van der Waals surface area (Å²) in [6.07, 6.45) is 0. The number of thiazole rings is 1. The minimum absolute atomic E-state index is 0.186. The van der Waals surface area contributed by atoms with E-state index in [1.165, 1.54) is 0 Å². The van der Waals surface area contributed by atoms with Crippen LogP contribution in [0.4, 0.5) is 4.79 Å². The molecule has 0 aliphatic carbocycles. The van der Waals surface area contributed by atoms with E-state index in [1.54, 1.807) is 18.4 Å². The number of carbonyl (C=O) groups excluding carboxylic acids is 1. The van der Waals surface area contributed by atoms with Crippen LogP contribution in [-0.4, -0.2) is 18.1 Å². The number of amides is 2. The predicted octanol–water partition coefficient (Wildman–Crippen LogP) is 1.73. The van der Waals surface area contributed by atoms with E-state index in [9.17, 15) is 4.79 Å². The van der Waals surface area contributed by atoms with Gasteiger partial charge in [-0.25, -0.2) is 9.78 Å². The number of fused-ring (bicyclic) bond motifs is 1. The molecule has 1 aromatic heterocycles. The van der Waals surface area contributed by atoms with E-state index in [2.05, 4.69) is 15.6 Å². The highest BCUT2D eigenvalue weighted by molar-refractivity contribution is 7.18. The van der Waals surface area contributed by atoms with Crippen LogP contribution in [0.25, 0.3) is 10.2 Å². The molecule has 2 N–H and O–H groups in total. The van der Waals surface area contributed by atoms with Crippen molar-refractivity contribution < 1.29 is 4.79 Å². The van der Waals surface area contributed by atoms with Crippen LogP contribution in [-0.2, 0) is 6.54 Å². The minimum atomic E-state index is -0.186. The molecule has 0 aliphatic heterocycles. The SMILES string of the molecule is CNC(=O)NCc1nc2ccccc2s1. The summed E-state index contributed by atoms with van der Waals surface area (Å²) < 4.78 is 1.14. The number of carbonyl (C=O) groups is 1. The molecule has 2 rings (SSSR count). The summed E-state index contributed by atoms with van der Waals surface area (Å²) in [5, 5.41) is 6.12. The van der Waals surface area contributed by atoms with E-state index in [0.29, 0.717) is 6.54 Å². The number of nitrogens with one attached hydrogen (secondary N) is 2. The smallest absolute Gasteiger partial charge is 0.314 e. The van der Waals surface area contributed by atoms with Crippen LogP contribution in [0.15, 0.2) is 24.3 Å². The zero-order valence-electron chi connectivity index (χ0n) is 8.28. The fourth-order valence-electron chi connectivity index (χ4n) is 1.24. The van der Waals surface area contributed by atoms with Gasteiger partial charge in [0.2, 0.25) is 0 Å². The molecular formula is C10H11N3OS. The molecule has 0 spiro atoms. The van der Waals surface area contributed by atoms with Crippen molar-refractivity contribution in [2.75, 3.05) is 7.05 Å². The average molecular weight is 221 g/mol. The Morgan fingerprint density at radius 1 is 1.47 bits per heavy atom. The first-order valence-corrected chi connectivity index (χ1v) is 5.41. The van der Waals surface area contributed by atoms with Crippen molar-refractivity contribution in [3.63, 3.8) is 0 Å². The van der Waals surface area contributed by atoms with Crippen LogP contribution in [0, 0.1) is 0 Å². The summed E-state index contributed by atoms with van der Waals surface area (Å²) in [6.45, 7) is 0.471. The van der Waals surface area contributed by atoms with Gasteiger partial charge in [-0.05, 0) is 12.1 Å². The Balaban J connectivity index is 2.12. The summed E-state index contributed by atoms with van der Waals surface area (Å²) in [4.78, 5) is 15.3. The van der Waals surface area contributed by atoms with Crippen molar-refractivity contribution in [2.45, 2.75) is 6.54 Å². The second kappa shape index (κ2) is 4.27. The number of para-hydroxylation sites is 1. The van der Waals surface area contributed by atoms with Gasteiger partial charge in [-0.1, -0.05) is 12.1 Å². The van der Waals surface area contributed by atoms with E-state index in [1.807, 2.05) is 24.3 Å².